The molecule has 2 aromatic carbocycles. The lowest BCUT2D eigenvalue weighted by Gasteiger charge is -2.35. The molecule has 1 heterocycles. The number of aldehydes is 1. The zero-order valence-corrected chi connectivity index (χ0v) is 11.9. The van der Waals surface area contributed by atoms with Crippen molar-refractivity contribution in [2.75, 3.05) is 11.4 Å². The number of para-hydroxylation sites is 1. The molecule has 3 rings (SSSR count). The number of carbonyl (C=O) groups excluding carboxylic acids is 1. The summed E-state index contributed by atoms with van der Waals surface area (Å²) in [6.07, 6.45) is 1.83. The monoisotopic (exact) mass is 276 g/mol. The first kappa shape index (κ1) is 13.4. The summed E-state index contributed by atoms with van der Waals surface area (Å²) in [7, 11) is 0. The predicted octanol–water partition coefficient (Wildman–Crippen LogP) is 3.70. The van der Waals surface area contributed by atoms with Gasteiger partial charge in [-0.3, -0.25) is 4.79 Å². The molecule has 1 atom stereocenters. The number of carbonyl (C=O) groups is 1. The first-order valence-electron chi connectivity index (χ1n) is 7.07. The van der Waals surface area contributed by atoms with E-state index in [1.165, 1.54) is 5.56 Å². The van der Waals surface area contributed by atoms with Gasteiger partial charge in [0, 0.05) is 17.8 Å². The number of nitriles is 1. The van der Waals surface area contributed by atoms with Crippen LogP contribution in [0.5, 0.6) is 0 Å². The second kappa shape index (κ2) is 5.41. The highest BCUT2D eigenvalue weighted by molar-refractivity contribution is 5.80. The fourth-order valence-electron chi connectivity index (χ4n) is 2.98. The SMILES string of the molecule is CC1Cc2ccccc2N(c2ccc(C=O)cc2C#N)C1. The van der Waals surface area contributed by atoms with Gasteiger partial charge in [0.1, 0.15) is 12.4 Å². The van der Waals surface area contributed by atoms with Gasteiger partial charge in [0.25, 0.3) is 0 Å². The average Bonchev–Trinajstić information content (AvgIpc) is 2.53. The lowest BCUT2D eigenvalue weighted by molar-refractivity contribution is 0.112. The molecule has 0 aromatic heterocycles. The van der Waals surface area contributed by atoms with Crippen LogP contribution < -0.4 is 4.90 Å². The fourth-order valence-corrected chi connectivity index (χ4v) is 2.98. The first-order chi connectivity index (χ1) is 10.2. The van der Waals surface area contributed by atoms with Crippen LogP contribution in [-0.2, 0) is 6.42 Å². The zero-order valence-electron chi connectivity index (χ0n) is 11.9. The first-order valence-corrected chi connectivity index (χ1v) is 7.07. The summed E-state index contributed by atoms with van der Waals surface area (Å²) >= 11 is 0. The lowest BCUT2D eigenvalue weighted by Crippen LogP contribution is -2.30. The van der Waals surface area contributed by atoms with E-state index in [0.717, 1.165) is 30.6 Å². The topological polar surface area (TPSA) is 44.1 Å². The molecule has 3 heteroatoms. The van der Waals surface area contributed by atoms with Gasteiger partial charge in [-0.05, 0) is 42.2 Å². The average molecular weight is 276 g/mol. The number of rotatable bonds is 2. The standard InChI is InChI=1S/C18H16N2O/c1-13-8-15-4-2-3-5-17(15)20(11-13)18-7-6-14(12-21)9-16(18)10-19/h2-7,9,12-13H,8,11H2,1H3. The van der Waals surface area contributed by atoms with Crippen LogP contribution in [-0.4, -0.2) is 12.8 Å². The summed E-state index contributed by atoms with van der Waals surface area (Å²) in [6, 6.07) is 15.8. The Kier molecular flexibility index (Phi) is 3.45. The molecule has 0 radical (unpaired) electrons. The number of anilines is 2. The molecule has 0 spiro atoms. The fraction of sp³-hybridized carbons (Fsp3) is 0.222. The molecule has 0 saturated heterocycles. The molecule has 0 N–H and O–H groups in total. The predicted molar refractivity (Wildman–Crippen MR) is 82.9 cm³/mol. The summed E-state index contributed by atoms with van der Waals surface area (Å²) in [5.74, 6) is 0.525. The molecule has 1 aliphatic heterocycles. The van der Waals surface area contributed by atoms with Crippen molar-refractivity contribution >= 4 is 17.7 Å². The molecule has 0 fully saturated rings. The molecule has 2 aromatic rings. The van der Waals surface area contributed by atoms with Gasteiger partial charge in [-0.1, -0.05) is 25.1 Å². The zero-order chi connectivity index (χ0) is 14.8. The lowest BCUT2D eigenvalue weighted by atomic mass is 9.93. The minimum Gasteiger partial charge on any atom is -0.340 e. The van der Waals surface area contributed by atoms with E-state index >= 15 is 0 Å². The molecule has 104 valence electrons. The van der Waals surface area contributed by atoms with E-state index in [1.807, 2.05) is 12.1 Å². The molecule has 1 aliphatic rings. The van der Waals surface area contributed by atoms with Gasteiger partial charge in [-0.15, -0.1) is 0 Å². The Hall–Kier alpha value is -2.60. The number of fused-ring (bicyclic) bond motifs is 1. The third kappa shape index (κ3) is 2.41. The minimum atomic E-state index is 0.525. The van der Waals surface area contributed by atoms with Gasteiger partial charge < -0.3 is 4.90 Å². The van der Waals surface area contributed by atoms with Crippen LogP contribution in [0.15, 0.2) is 42.5 Å². The maximum absolute atomic E-state index is 10.9. The summed E-state index contributed by atoms with van der Waals surface area (Å²) in [5.41, 5.74) is 4.42. The van der Waals surface area contributed by atoms with E-state index in [2.05, 4.69) is 36.1 Å². The number of hydrogen-bond acceptors (Lipinski definition) is 3. The van der Waals surface area contributed by atoms with Crippen LogP contribution >= 0.6 is 0 Å². The van der Waals surface area contributed by atoms with Gasteiger partial charge in [0.05, 0.1) is 11.3 Å². The summed E-state index contributed by atoms with van der Waals surface area (Å²) in [6.45, 7) is 3.10. The van der Waals surface area contributed by atoms with Gasteiger partial charge in [0.2, 0.25) is 0 Å². The minimum absolute atomic E-state index is 0.525. The smallest absolute Gasteiger partial charge is 0.150 e. The second-order valence-corrected chi connectivity index (χ2v) is 5.55. The van der Waals surface area contributed by atoms with Crippen molar-refractivity contribution in [1.29, 1.82) is 5.26 Å². The Bertz CT molecular complexity index is 730. The van der Waals surface area contributed by atoms with Crippen molar-refractivity contribution in [3.05, 3.63) is 59.2 Å². The molecule has 0 amide bonds. The van der Waals surface area contributed by atoms with Gasteiger partial charge in [0.15, 0.2) is 0 Å². The van der Waals surface area contributed by atoms with Crippen LogP contribution in [0.25, 0.3) is 0 Å². The van der Waals surface area contributed by atoms with E-state index in [0.29, 0.717) is 17.0 Å². The van der Waals surface area contributed by atoms with Crippen molar-refractivity contribution in [2.24, 2.45) is 5.92 Å². The van der Waals surface area contributed by atoms with Crippen molar-refractivity contribution in [1.82, 2.24) is 0 Å². The molecule has 1 unspecified atom stereocenters. The van der Waals surface area contributed by atoms with Crippen molar-refractivity contribution in [3.8, 4) is 6.07 Å². The van der Waals surface area contributed by atoms with Gasteiger partial charge in [-0.25, -0.2) is 0 Å². The van der Waals surface area contributed by atoms with Gasteiger partial charge >= 0.3 is 0 Å². The summed E-state index contributed by atoms with van der Waals surface area (Å²) in [5, 5.41) is 9.39. The maximum Gasteiger partial charge on any atom is 0.150 e. The Morgan fingerprint density at radius 3 is 2.81 bits per heavy atom. The van der Waals surface area contributed by atoms with E-state index in [1.54, 1.807) is 12.1 Å². The summed E-state index contributed by atoms with van der Waals surface area (Å²) in [4.78, 5) is 13.1. The van der Waals surface area contributed by atoms with Crippen molar-refractivity contribution < 1.29 is 4.79 Å². The largest absolute Gasteiger partial charge is 0.340 e. The molecular formula is C18H16N2O. The highest BCUT2D eigenvalue weighted by Gasteiger charge is 2.24. The van der Waals surface area contributed by atoms with E-state index in [4.69, 9.17) is 0 Å². The summed E-state index contributed by atoms with van der Waals surface area (Å²) < 4.78 is 0. The highest BCUT2D eigenvalue weighted by atomic mass is 16.1. The highest BCUT2D eigenvalue weighted by Crippen LogP contribution is 2.36. The molecule has 3 nitrogen and oxygen atoms in total. The molecule has 0 saturated carbocycles. The normalized spacial score (nSPS) is 17.0. The van der Waals surface area contributed by atoms with E-state index < -0.39 is 0 Å². The van der Waals surface area contributed by atoms with Crippen molar-refractivity contribution in [2.45, 2.75) is 13.3 Å². The maximum atomic E-state index is 10.9. The molecular weight excluding hydrogens is 260 g/mol. The second-order valence-electron chi connectivity index (χ2n) is 5.55. The Balaban J connectivity index is 2.13. The van der Waals surface area contributed by atoms with Crippen LogP contribution in [0.3, 0.4) is 0 Å². The van der Waals surface area contributed by atoms with Gasteiger partial charge in [-0.2, -0.15) is 5.26 Å². The third-order valence-corrected chi connectivity index (χ3v) is 3.91. The van der Waals surface area contributed by atoms with Crippen LogP contribution in [0, 0.1) is 17.2 Å². The molecule has 0 bridgehead atoms. The van der Waals surface area contributed by atoms with Crippen LogP contribution in [0.1, 0.15) is 28.4 Å². The van der Waals surface area contributed by atoms with Crippen LogP contribution in [0.4, 0.5) is 11.4 Å². The quantitative estimate of drug-likeness (QED) is 0.785. The number of hydrogen-bond donors (Lipinski definition) is 0. The van der Waals surface area contributed by atoms with E-state index in [9.17, 15) is 10.1 Å². The van der Waals surface area contributed by atoms with Crippen molar-refractivity contribution in [3.63, 3.8) is 0 Å². The molecule has 21 heavy (non-hydrogen) atoms. The van der Waals surface area contributed by atoms with E-state index in [-0.39, 0.29) is 0 Å². The number of benzene rings is 2. The Labute approximate surface area is 124 Å². The third-order valence-electron chi connectivity index (χ3n) is 3.91. The Morgan fingerprint density at radius 1 is 1.24 bits per heavy atom. The van der Waals surface area contributed by atoms with Crippen LogP contribution in [0.2, 0.25) is 0 Å². The Morgan fingerprint density at radius 2 is 2.05 bits per heavy atom. The number of nitrogens with zero attached hydrogens (tertiary/aromatic N) is 2. The molecule has 0 aliphatic carbocycles.